The second-order valence-corrected chi connectivity index (χ2v) is 7.54. The number of ether oxygens (including phenoxy) is 1. The molecule has 0 saturated heterocycles. The predicted octanol–water partition coefficient (Wildman–Crippen LogP) is 4.51. The highest BCUT2D eigenvalue weighted by molar-refractivity contribution is 8.00. The van der Waals surface area contributed by atoms with Gasteiger partial charge in [0.05, 0.1) is 23.3 Å². The molecule has 0 radical (unpaired) electrons. The summed E-state index contributed by atoms with van der Waals surface area (Å²) in [5, 5.41) is 13.5. The van der Waals surface area contributed by atoms with Crippen LogP contribution in [0.1, 0.15) is 21.5 Å². The van der Waals surface area contributed by atoms with Crippen LogP contribution in [-0.4, -0.2) is 29.7 Å². The van der Waals surface area contributed by atoms with Crippen LogP contribution in [0.4, 0.5) is 11.4 Å². The predicted molar refractivity (Wildman–Crippen MR) is 123 cm³/mol. The van der Waals surface area contributed by atoms with Crippen molar-refractivity contribution in [3.05, 3.63) is 99.6 Å². The summed E-state index contributed by atoms with van der Waals surface area (Å²) in [7, 11) is 1.32. The van der Waals surface area contributed by atoms with Crippen molar-refractivity contribution in [1.29, 1.82) is 0 Å². The number of nitro groups is 1. The zero-order valence-corrected chi connectivity index (χ0v) is 17.8. The molecule has 0 spiro atoms. The Kier molecular flexibility index (Phi) is 7.62. The lowest BCUT2D eigenvalue weighted by Gasteiger charge is -2.06. The van der Waals surface area contributed by atoms with Crippen molar-refractivity contribution >= 4 is 35.0 Å². The minimum atomic E-state index is -0.465. The summed E-state index contributed by atoms with van der Waals surface area (Å²) in [5.74, 6) is 5.55. The largest absolute Gasteiger partial charge is 0.465 e. The van der Waals surface area contributed by atoms with Crippen LogP contribution in [0.25, 0.3) is 0 Å². The number of amides is 1. The number of hydrogen-bond donors (Lipinski definition) is 1. The highest BCUT2D eigenvalue weighted by atomic mass is 32.2. The number of nitrogens with one attached hydrogen (secondary N) is 1. The Labute approximate surface area is 188 Å². The average molecular weight is 446 g/mol. The molecule has 1 N–H and O–H groups in total. The number of anilines is 1. The first-order valence-corrected chi connectivity index (χ1v) is 10.4. The lowest BCUT2D eigenvalue weighted by molar-refractivity contribution is -0.384. The van der Waals surface area contributed by atoms with Gasteiger partial charge in [-0.2, -0.15) is 0 Å². The molecular weight excluding hydrogens is 428 g/mol. The van der Waals surface area contributed by atoms with E-state index in [1.54, 1.807) is 54.6 Å². The van der Waals surface area contributed by atoms with Crippen molar-refractivity contribution in [3.8, 4) is 11.8 Å². The van der Waals surface area contributed by atoms with Gasteiger partial charge >= 0.3 is 5.97 Å². The van der Waals surface area contributed by atoms with Gasteiger partial charge in [0.1, 0.15) is 0 Å². The first-order valence-electron chi connectivity index (χ1n) is 9.42. The van der Waals surface area contributed by atoms with Gasteiger partial charge in [0.15, 0.2) is 0 Å². The standard InChI is InChI=1S/C24H18N2O5S/c1-31-24(28)19-6-2-4-17(14-19)8-9-18-5-3-7-20(15-18)25-23(27)16-32-22-12-10-21(11-13-22)26(29)30/h2-7,10-15H,16H2,1H3,(H,25,27). The molecule has 1 amide bonds. The normalized spacial score (nSPS) is 9.91. The second-order valence-electron chi connectivity index (χ2n) is 6.49. The Hall–Kier alpha value is -4.09. The Bertz CT molecular complexity index is 1210. The molecule has 3 aromatic rings. The van der Waals surface area contributed by atoms with Gasteiger partial charge in [0.2, 0.25) is 5.91 Å². The van der Waals surface area contributed by atoms with Crippen molar-refractivity contribution in [1.82, 2.24) is 0 Å². The van der Waals surface area contributed by atoms with Gasteiger partial charge in [-0.25, -0.2) is 4.79 Å². The molecule has 0 atom stereocenters. The molecule has 0 saturated carbocycles. The first-order chi connectivity index (χ1) is 15.4. The third-order valence-electron chi connectivity index (χ3n) is 4.20. The minimum Gasteiger partial charge on any atom is -0.465 e. The summed E-state index contributed by atoms with van der Waals surface area (Å²) in [5.41, 5.74) is 2.41. The monoisotopic (exact) mass is 446 g/mol. The number of carbonyl (C=O) groups excluding carboxylic acids is 2. The van der Waals surface area contributed by atoms with E-state index in [-0.39, 0.29) is 17.3 Å². The van der Waals surface area contributed by atoms with E-state index in [0.717, 1.165) is 4.90 Å². The Morgan fingerprint density at radius 2 is 1.66 bits per heavy atom. The van der Waals surface area contributed by atoms with Gasteiger partial charge < -0.3 is 10.1 Å². The van der Waals surface area contributed by atoms with Crippen molar-refractivity contribution < 1.29 is 19.2 Å². The SMILES string of the molecule is COC(=O)c1cccc(C#Cc2cccc(NC(=O)CSc3ccc([N+](=O)[O-])cc3)c2)c1. The molecule has 0 aliphatic heterocycles. The third kappa shape index (κ3) is 6.45. The Morgan fingerprint density at radius 3 is 2.31 bits per heavy atom. The van der Waals surface area contributed by atoms with Gasteiger partial charge in [-0.15, -0.1) is 11.8 Å². The van der Waals surface area contributed by atoms with Gasteiger partial charge in [0.25, 0.3) is 5.69 Å². The summed E-state index contributed by atoms with van der Waals surface area (Å²) in [4.78, 5) is 34.9. The lowest BCUT2D eigenvalue weighted by atomic mass is 10.1. The highest BCUT2D eigenvalue weighted by Gasteiger charge is 2.07. The second kappa shape index (κ2) is 10.8. The summed E-state index contributed by atoms with van der Waals surface area (Å²) in [6, 6.07) is 20.0. The molecule has 3 aromatic carbocycles. The summed E-state index contributed by atoms with van der Waals surface area (Å²) in [6.07, 6.45) is 0. The third-order valence-corrected chi connectivity index (χ3v) is 5.21. The Morgan fingerprint density at radius 1 is 1.00 bits per heavy atom. The molecular formula is C24H18N2O5S. The lowest BCUT2D eigenvalue weighted by Crippen LogP contribution is -2.13. The van der Waals surface area contributed by atoms with Crippen molar-refractivity contribution in [3.63, 3.8) is 0 Å². The molecule has 3 rings (SSSR count). The zero-order chi connectivity index (χ0) is 22.9. The number of esters is 1. The maximum Gasteiger partial charge on any atom is 0.337 e. The maximum atomic E-state index is 12.3. The van der Waals surface area contributed by atoms with E-state index in [4.69, 9.17) is 4.74 Å². The smallest absolute Gasteiger partial charge is 0.337 e. The first kappa shape index (κ1) is 22.6. The molecule has 160 valence electrons. The van der Waals surface area contributed by atoms with Gasteiger partial charge in [-0.1, -0.05) is 24.0 Å². The highest BCUT2D eigenvalue weighted by Crippen LogP contribution is 2.21. The number of thioether (sulfide) groups is 1. The van der Waals surface area contributed by atoms with Crippen LogP contribution in [-0.2, 0) is 9.53 Å². The fraction of sp³-hybridized carbons (Fsp3) is 0.0833. The molecule has 7 nitrogen and oxygen atoms in total. The van der Waals surface area contributed by atoms with Gasteiger partial charge in [-0.05, 0) is 48.5 Å². The number of nitro benzene ring substituents is 1. The maximum absolute atomic E-state index is 12.3. The van der Waals surface area contributed by atoms with Crippen LogP contribution in [0.2, 0.25) is 0 Å². The fourth-order valence-electron chi connectivity index (χ4n) is 2.67. The van der Waals surface area contributed by atoms with E-state index in [0.29, 0.717) is 22.4 Å². The van der Waals surface area contributed by atoms with Crippen LogP contribution >= 0.6 is 11.8 Å². The molecule has 0 aliphatic carbocycles. The molecule has 0 fully saturated rings. The van der Waals surface area contributed by atoms with Crippen LogP contribution in [0.3, 0.4) is 0 Å². The van der Waals surface area contributed by atoms with Crippen LogP contribution in [0, 0.1) is 22.0 Å². The number of nitrogens with zero attached hydrogens (tertiary/aromatic N) is 1. The number of rotatable bonds is 6. The van der Waals surface area contributed by atoms with E-state index in [1.165, 1.54) is 31.0 Å². The van der Waals surface area contributed by atoms with Crippen LogP contribution in [0.5, 0.6) is 0 Å². The average Bonchev–Trinajstić information content (AvgIpc) is 2.81. The van der Waals surface area contributed by atoms with Crippen molar-refractivity contribution in [2.75, 3.05) is 18.2 Å². The van der Waals surface area contributed by atoms with E-state index in [2.05, 4.69) is 17.2 Å². The molecule has 8 heteroatoms. The fourth-order valence-corrected chi connectivity index (χ4v) is 3.37. The van der Waals surface area contributed by atoms with E-state index in [9.17, 15) is 19.7 Å². The summed E-state index contributed by atoms with van der Waals surface area (Å²) in [6.45, 7) is 0. The summed E-state index contributed by atoms with van der Waals surface area (Å²) < 4.78 is 4.71. The molecule has 0 aromatic heterocycles. The number of methoxy groups -OCH3 is 1. The minimum absolute atomic E-state index is 0.00810. The molecule has 0 bridgehead atoms. The number of hydrogen-bond acceptors (Lipinski definition) is 6. The molecule has 0 unspecified atom stereocenters. The van der Waals surface area contributed by atoms with Gasteiger partial charge in [-0.3, -0.25) is 14.9 Å². The number of non-ortho nitro benzene ring substituents is 1. The van der Waals surface area contributed by atoms with Crippen molar-refractivity contribution in [2.45, 2.75) is 4.90 Å². The molecule has 0 heterocycles. The Balaban J connectivity index is 1.60. The van der Waals surface area contributed by atoms with Crippen molar-refractivity contribution in [2.24, 2.45) is 0 Å². The zero-order valence-electron chi connectivity index (χ0n) is 17.0. The van der Waals surface area contributed by atoms with Crippen LogP contribution in [0.15, 0.2) is 77.7 Å². The molecule has 32 heavy (non-hydrogen) atoms. The summed E-state index contributed by atoms with van der Waals surface area (Å²) >= 11 is 1.29. The van der Waals surface area contributed by atoms with E-state index in [1.807, 2.05) is 6.07 Å². The molecule has 0 aliphatic rings. The topological polar surface area (TPSA) is 98.5 Å². The quantitative estimate of drug-likeness (QED) is 0.197. The van der Waals surface area contributed by atoms with E-state index >= 15 is 0 Å². The van der Waals surface area contributed by atoms with Crippen LogP contribution < -0.4 is 5.32 Å². The van der Waals surface area contributed by atoms with Gasteiger partial charge in [0, 0.05) is 33.8 Å². The number of benzene rings is 3. The van der Waals surface area contributed by atoms with E-state index < -0.39 is 10.9 Å². The number of carbonyl (C=O) groups is 2.